The molecule has 1 saturated heterocycles. The molecule has 3 heterocycles. The van der Waals surface area contributed by atoms with E-state index in [2.05, 4.69) is 21.7 Å². The number of aromatic nitrogens is 1. The van der Waals surface area contributed by atoms with Crippen molar-refractivity contribution in [3.8, 4) is 17.7 Å². The third kappa shape index (κ3) is 4.96. The van der Waals surface area contributed by atoms with Gasteiger partial charge in [0, 0.05) is 25.0 Å². The highest BCUT2D eigenvalue weighted by Crippen LogP contribution is 2.31. The fourth-order valence-electron chi connectivity index (χ4n) is 3.88. The Labute approximate surface area is 197 Å². The summed E-state index contributed by atoms with van der Waals surface area (Å²) in [6.07, 6.45) is 3.49. The van der Waals surface area contributed by atoms with Crippen molar-refractivity contribution in [3.05, 3.63) is 53.9 Å². The van der Waals surface area contributed by atoms with Gasteiger partial charge in [0.05, 0.1) is 17.5 Å². The van der Waals surface area contributed by atoms with Crippen LogP contribution >= 0.6 is 0 Å². The number of piperidine rings is 1. The highest BCUT2D eigenvalue weighted by atomic mass is 16.4. The second-order valence-corrected chi connectivity index (χ2v) is 8.34. The molecule has 2 amide bonds. The van der Waals surface area contributed by atoms with E-state index in [0.717, 1.165) is 6.42 Å². The van der Waals surface area contributed by atoms with Gasteiger partial charge in [-0.25, -0.2) is 0 Å². The van der Waals surface area contributed by atoms with Crippen molar-refractivity contribution in [1.29, 1.82) is 5.26 Å². The summed E-state index contributed by atoms with van der Waals surface area (Å²) in [5, 5.41) is 15.4. The van der Waals surface area contributed by atoms with Crippen LogP contribution in [0.25, 0.3) is 11.7 Å². The van der Waals surface area contributed by atoms with Crippen LogP contribution in [-0.2, 0) is 4.79 Å². The smallest absolute Gasteiger partial charge is 0.266 e. The van der Waals surface area contributed by atoms with E-state index >= 15 is 0 Å². The number of oxazole rings is 1. The van der Waals surface area contributed by atoms with Crippen molar-refractivity contribution in [2.75, 3.05) is 23.3 Å². The SMILES string of the molecule is CCC(C)NC(=O)c1ccccc1NC(=O)C1CCN(c2oc(-c3ccco3)nc2C#N)CC1. The lowest BCUT2D eigenvalue weighted by Gasteiger charge is -2.31. The minimum atomic E-state index is -0.222. The van der Waals surface area contributed by atoms with Crippen molar-refractivity contribution < 1.29 is 18.4 Å². The molecule has 176 valence electrons. The van der Waals surface area contributed by atoms with E-state index in [1.165, 1.54) is 6.26 Å². The predicted octanol–water partition coefficient (Wildman–Crippen LogP) is 4.19. The molecule has 3 aromatic rings. The molecule has 1 aliphatic heterocycles. The number of nitrogens with one attached hydrogen (secondary N) is 2. The van der Waals surface area contributed by atoms with Crippen molar-refractivity contribution in [2.24, 2.45) is 5.92 Å². The Morgan fingerprint density at radius 1 is 1.24 bits per heavy atom. The van der Waals surface area contributed by atoms with Gasteiger partial charge in [0.15, 0.2) is 5.76 Å². The van der Waals surface area contributed by atoms with E-state index in [9.17, 15) is 14.9 Å². The van der Waals surface area contributed by atoms with Gasteiger partial charge in [0.25, 0.3) is 11.8 Å². The molecule has 1 aliphatic rings. The van der Waals surface area contributed by atoms with E-state index in [1.807, 2.05) is 18.7 Å². The summed E-state index contributed by atoms with van der Waals surface area (Å²) in [4.78, 5) is 31.8. The largest absolute Gasteiger partial charge is 0.459 e. The zero-order chi connectivity index (χ0) is 24.1. The topological polar surface area (TPSA) is 124 Å². The predicted molar refractivity (Wildman–Crippen MR) is 126 cm³/mol. The van der Waals surface area contributed by atoms with Crippen molar-refractivity contribution in [3.63, 3.8) is 0 Å². The standard InChI is InChI=1S/C25H27N5O4/c1-3-16(2)27-23(32)18-7-4-5-8-19(18)28-22(31)17-10-12-30(13-11-17)25-20(15-26)29-24(34-25)21-9-6-14-33-21/h4-9,14,16-17H,3,10-13H2,1-2H3,(H,27,32)(H,28,31). The van der Waals surface area contributed by atoms with E-state index < -0.39 is 0 Å². The molecule has 2 aromatic heterocycles. The molecule has 0 saturated carbocycles. The molecule has 1 fully saturated rings. The number of rotatable bonds is 7. The summed E-state index contributed by atoms with van der Waals surface area (Å²) >= 11 is 0. The Hall–Kier alpha value is -4.06. The highest BCUT2D eigenvalue weighted by Gasteiger charge is 2.30. The number of furan rings is 1. The van der Waals surface area contributed by atoms with Crippen molar-refractivity contribution in [2.45, 2.75) is 39.2 Å². The van der Waals surface area contributed by atoms with E-state index in [1.54, 1.807) is 36.4 Å². The summed E-state index contributed by atoms with van der Waals surface area (Å²) in [5.74, 6) is 0.538. The Kier molecular flexibility index (Phi) is 6.97. The van der Waals surface area contributed by atoms with Crippen LogP contribution in [-0.4, -0.2) is 35.9 Å². The number of hydrogen-bond donors (Lipinski definition) is 2. The maximum absolute atomic E-state index is 13.0. The third-order valence-electron chi connectivity index (χ3n) is 6.02. The average Bonchev–Trinajstić information content (AvgIpc) is 3.54. The average molecular weight is 462 g/mol. The minimum absolute atomic E-state index is 0.0447. The molecule has 34 heavy (non-hydrogen) atoms. The first-order valence-corrected chi connectivity index (χ1v) is 11.4. The van der Waals surface area contributed by atoms with Gasteiger partial charge in [-0.1, -0.05) is 19.1 Å². The van der Waals surface area contributed by atoms with Gasteiger partial charge >= 0.3 is 0 Å². The summed E-state index contributed by atoms with van der Waals surface area (Å²) in [6, 6.07) is 12.6. The van der Waals surface area contributed by atoms with Crippen LogP contribution in [0.3, 0.4) is 0 Å². The molecule has 1 aromatic carbocycles. The molecule has 0 bridgehead atoms. The number of para-hydroxylation sites is 1. The number of amides is 2. The third-order valence-corrected chi connectivity index (χ3v) is 6.02. The maximum atomic E-state index is 13.0. The van der Waals surface area contributed by atoms with E-state index in [0.29, 0.717) is 48.8 Å². The second kappa shape index (κ2) is 10.3. The number of benzene rings is 1. The first kappa shape index (κ1) is 23.1. The molecule has 0 radical (unpaired) electrons. The first-order chi connectivity index (χ1) is 16.5. The van der Waals surface area contributed by atoms with Gasteiger partial charge < -0.3 is 24.4 Å². The molecule has 4 rings (SSSR count). The lowest BCUT2D eigenvalue weighted by atomic mass is 9.95. The Morgan fingerprint density at radius 2 is 2.00 bits per heavy atom. The van der Waals surface area contributed by atoms with Crippen LogP contribution in [0.1, 0.15) is 49.2 Å². The second-order valence-electron chi connectivity index (χ2n) is 8.34. The molecule has 9 heteroatoms. The van der Waals surface area contributed by atoms with Gasteiger partial charge in [-0.2, -0.15) is 10.2 Å². The highest BCUT2D eigenvalue weighted by molar-refractivity contribution is 6.04. The van der Waals surface area contributed by atoms with Gasteiger partial charge in [0.1, 0.15) is 6.07 Å². The molecule has 0 aliphatic carbocycles. The summed E-state index contributed by atoms with van der Waals surface area (Å²) in [5.41, 5.74) is 1.13. The zero-order valence-corrected chi connectivity index (χ0v) is 19.2. The molecular formula is C25H27N5O4. The van der Waals surface area contributed by atoms with Crippen LogP contribution in [0.15, 0.2) is 51.5 Å². The molecular weight excluding hydrogens is 434 g/mol. The van der Waals surface area contributed by atoms with Gasteiger partial charge in [-0.15, -0.1) is 0 Å². The molecule has 1 atom stereocenters. The normalized spacial score (nSPS) is 14.9. The Morgan fingerprint density at radius 3 is 2.68 bits per heavy atom. The molecule has 1 unspecified atom stereocenters. The lowest BCUT2D eigenvalue weighted by molar-refractivity contribution is -0.120. The summed E-state index contributed by atoms with van der Waals surface area (Å²) < 4.78 is 11.1. The molecule has 9 nitrogen and oxygen atoms in total. The number of carbonyl (C=O) groups excluding carboxylic acids is 2. The fraction of sp³-hybridized carbons (Fsp3) is 0.360. The van der Waals surface area contributed by atoms with Crippen LogP contribution in [0.2, 0.25) is 0 Å². The summed E-state index contributed by atoms with van der Waals surface area (Å²) in [7, 11) is 0. The number of hydrogen-bond acceptors (Lipinski definition) is 7. The van der Waals surface area contributed by atoms with Crippen LogP contribution < -0.4 is 15.5 Å². The van der Waals surface area contributed by atoms with Crippen molar-refractivity contribution in [1.82, 2.24) is 10.3 Å². The number of carbonyl (C=O) groups is 2. The number of nitriles is 1. The minimum Gasteiger partial charge on any atom is -0.459 e. The van der Waals surface area contributed by atoms with Gasteiger partial charge in [0.2, 0.25) is 17.5 Å². The number of anilines is 2. The molecule has 0 spiro atoms. The Bertz CT molecular complexity index is 1190. The summed E-state index contributed by atoms with van der Waals surface area (Å²) in [6.45, 7) is 5.02. The van der Waals surface area contributed by atoms with Crippen LogP contribution in [0, 0.1) is 17.2 Å². The zero-order valence-electron chi connectivity index (χ0n) is 19.2. The van der Waals surface area contributed by atoms with Gasteiger partial charge in [-0.3, -0.25) is 9.59 Å². The Balaban J connectivity index is 1.40. The van der Waals surface area contributed by atoms with Crippen LogP contribution in [0.5, 0.6) is 0 Å². The number of nitrogens with zero attached hydrogens (tertiary/aromatic N) is 3. The first-order valence-electron chi connectivity index (χ1n) is 11.4. The van der Waals surface area contributed by atoms with Crippen LogP contribution in [0.4, 0.5) is 11.6 Å². The fourth-order valence-corrected chi connectivity index (χ4v) is 3.88. The molecule has 2 N–H and O–H groups in total. The van der Waals surface area contributed by atoms with Gasteiger partial charge in [-0.05, 0) is 50.5 Å². The van der Waals surface area contributed by atoms with Crippen molar-refractivity contribution >= 4 is 23.4 Å². The van der Waals surface area contributed by atoms with E-state index in [-0.39, 0.29) is 35.4 Å². The quantitative estimate of drug-likeness (QED) is 0.540. The lowest BCUT2D eigenvalue weighted by Crippen LogP contribution is -2.38. The maximum Gasteiger partial charge on any atom is 0.266 e. The monoisotopic (exact) mass is 461 g/mol. The van der Waals surface area contributed by atoms with E-state index in [4.69, 9.17) is 8.83 Å².